The highest BCUT2D eigenvalue weighted by atomic mass is 16.5. The van der Waals surface area contributed by atoms with E-state index < -0.39 is 0 Å². The minimum absolute atomic E-state index is 0.678. The Kier molecular flexibility index (Phi) is 2.31. The first-order valence-electron chi connectivity index (χ1n) is 4.64. The Bertz CT molecular complexity index is 454. The summed E-state index contributed by atoms with van der Waals surface area (Å²) in [5, 5.41) is 1.05. The summed E-state index contributed by atoms with van der Waals surface area (Å²) < 4.78 is 5.48. The van der Waals surface area contributed by atoms with Crippen molar-refractivity contribution < 1.29 is 4.74 Å². The second-order valence-electron chi connectivity index (χ2n) is 3.13. The molecule has 0 N–H and O–H groups in total. The van der Waals surface area contributed by atoms with E-state index in [1.165, 1.54) is 0 Å². The van der Waals surface area contributed by atoms with Crippen molar-refractivity contribution in [1.82, 2.24) is 9.97 Å². The quantitative estimate of drug-likeness (QED) is 0.725. The van der Waals surface area contributed by atoms with Gasteiger partial charge >= 0.3 is 0 Å². The maximum absolute atomic E-state index is 5.48. The van der Waals surface area contributed by atoms with Crippen LogP contribution in [0.4, 0.5) is 0 Å². The van der Waals surface area contributed by atoms with Crippen LogP contribution < -0.4 is 4.74 Å². The number of benzene rings is 1. The fraction of sp³-hybridized carbons (Fsp3) is 0.273. The number of ether oxygens (including phenoxy) is 1. The van der Waals surface area contributed by atoms with Gasteiger partial charge in [-0.3, -0.25) is 0 Å². The number of hydrogen-bond acceptors (Lipinski definition) is 3. The molecule has 0 amide bonds. The first-order valence-corrected chi connectivity index (χ1v) is 4.64. The van der Waals surface area contributed by atoms with Crippen LogP contribution in [-0.4, -0.2) is 16.6 Å². The molecule has 0 bridgehead atoms. The molecule has 0 fully saturated rings. The Morgan fingerprint density at radius 3 is 3.00 bits per heavy atom. The highest BCUT2D eigenvalue weighted by molar-refractivity contribution is 5.80. The van der Waals surface area contributed by atoms with Crippen LogP contribution in [-0.2, 0) is 0 Å². The highest BCUT2D eigenvalue weighted by Crippen LogP contribution is 2.23. The van der Waals surface area contributed by atoms with E-state index in [9.17, 15) is 0 Å². The first-order chi connectivity index (χ1) is 6.81. The van der Waals surface area contributed by atoms with Gasteiger partial charge in [-0.2, -0.15) is 0 Å². The molecular formula is C11H12N2O. The van der Waals surface area contributed by atoms with E-state index in [1.54, 1.807) is 6.33 Å². The SMILES string of the molecule is CCOc1cc2ncncc2cc1C. The second kappa shape index (κ2) is 3.62. The Morgan fingerprint density at radius 2 is 2.21 bits per heavy atom. The van der Waals surface area contributed by atoms with Crippen molar-refractivity contribution in [2.24, 2.45) is 0 Å². The van der Waals surface area contributed by atoms with Gasteiger partial charge in [0.05, 0.1) is 12.1 Å². The van der Waals surface area contributed by atoms with Crippen molar-refractivity contribution in [3.05, 3.63) is 30.2 Å². The molecule has 14 heavy (non-hydrogen) atoms. The Balaban J connectivity index is 2.59. The Morgan fingerprint density at radius 1 is 1.36 bits per heavy atom. The van der Waals surface area contributed by atoms with Gasteiger partial charge < -0.3 is 4.74 Å². The van der Waals surface area contributed by atoms with Crippen molar-refractivity contribution in [1.29, 1.82) is 0 Å². The van der Waals surface area contributed by atoms with E-state index in [1.807, 2.05) is 32.2 Å². The van der Waals surface area contributed by atoms with Gasteiger partial charge in [0.25, 0.3) is 0 Å². The molecule has 1 aromatic heterocycles. The third-order valence-corrected chi connectivity index (χ3v) is 2.10. The predicted octanol–water partition coefficient (Wildman–Crippen LogP) is 2.34. The molecule has 0 saturated heterocycles. The molecule has 0 radical (unpaired) electrons. The van der Waals surface area contributed by atoms with Crippen LogP contribution in [0.1, 0.15) is 12.5 Å². The average Bonchev–Trinajstić information content (AvgIpc) is 2.19. The molecule has 0 unspecified atom stereocenters. The Hall–Kier alpha value is -1.64. The summed E-state index contributed by atoms with van der Waals surface area (Å²) in [5.41, 5.74) is 2.04. The molecule has 2 aromatic rings. The van der Waals surface area contributed by atoms with E-state index in [-0.39, 0.29) is 0 Å². The maximum atomic E-state index is 5.48. The average molecular weight is 188 g/mol. The number of hydrogen-bond donors (Lipinski definition) is 0. The first kappa shape index (κ1) is 8.94. The van der Waals surface area contributed by atoms with E-state index in [4.69, 9.17) is 4.74 Å². The fourth-order valence-corrected chi connectivity index (χ4v) is 1.44. The van der Waals surface area contributed by atoms with E-state index in [0.29, 0.717) is 6.61 Å². The fourth-order valence-electron chi connectivity index (χ4n) is 1.44. The van der Waals surface area contributed by atoms with Crippen molar-refractivity contribution in [2.45, 2.75) is 13.8 Å². The summed E-state index contributed by atoms with van der Waals surface area (Å²) in [6.45, 7) is 4.68. The standard InChI is InChI=1S/C11H12N2O/c1-3-14-11-5-10-9(4-8(11)2)6-12-7-13-10/h4-7H,3H2,1-2H3. The van der Waals surface area contributed by atoms with E-state index in [0.717, 1.165) is 22.2 Å². The van der Waals surface area contributed by atoms with E-state index in [2.05, 4.69) is 9.97 Å². The van der Waals surface area contributed by atoms with Crippen LogP contribution in [0, 0.1) is 6.92 Å². The monoisotopic (exact) mass is 188 g/mol. The van der Waals surface area contributed by atoms with Crippen LogP contribution in [0.3, 0.4) is 0 Å². The van der Waals surface area contributed by atoms with Crippen molar-refractivity contribution >= 4 is 10.9 Å². The third kappa shape index (κ3) is 1.53. The lowest BCUT2D eigenvalue weighted by atomic mass is 10.1. The van der Waals surface area contributed by atoms with E-state index >= 15 is 0 Å². The predicted molar refractivity (Wildman–Crippen MR) is 55.4 cm³/mol. The zero-order valence-electron chi connectivity index (χ0n) is 8.32. The molecule has 1 heterocycles. The number of rotatable bonds is 2. The number of aryl methyl sites for hydroxylation is 1. The topological polar surface area (TPSA) is 35.0 Å². The minimum Gasteiger partial charge on any atom is -0.494 e. The molecule has 0 aliphatic rings. The molecule has 0 aliphatic carbocycles. The smallest absolute Gasteiger partial charge is 0.124 e. The summed E-state index contributed by atoms with van der Waals surface area (Å²) in [4.78, 5) is 8.15. The van der Waals surface area contributed by atoms with Crippen LogP contribution in [0.15, 0.2) is 24.7 Å². The van der Waals surface area contributed by atoms with Crippen LogP contribution in [0.25, 0.3) is 10.9 Å². The molecule has 3 nitrogen and oxygen atoms in total. The number of nitrogens with zero attached hydrogens (tertiary/aromatic N) is 2. The number of fused-ring (bicyclic) bond motifs is 1. The van der Waals surface area contributed by atoms with Crippen LogP contribution in [0.5, 0.6) is 5.75 Å². The van der Waals surface area contributed by atoms with Crippen molar-refractivity contribution in [3.8, 4) is 5.75 Å². The Labute approximate surface area is 82.8 Å². The zero-order valence-corrected chi connectivity index (χ0v) is 8.32. The van der Waals surface area contributed by atoms with Gasteiger partial charge in [0, 0.05) is 17.6 Å². The van der Waals surface area contributed by atoms with Gasteiger partial charge in [-0.1, -0.05) is 0 Å². The van der Waals surface area contributed by atoms with Gasteiger partial charge in [0.15, 0.2) is 0 Å². The second-order valence-corrected chi connectivity index (χ2v) is 3.13. The lowest BCUT2D eigenvalue weighted by Crippen LogP contribution is -1.94. The van der Waals surface area contributed by atoms with Crippen LogP contribution >= 0.6 is 0 Å². The van der Waals surface area contributed by atoms with Gasteiger partial charge in [-0.25, -0.2) is 9.97 Å². The lowest BCUT2D eigenvalue weighted by molar-refractivity contribution is 0.338. The molecule has 0 saturated carbocycles. The lowest BCUT2D eigenvalue weighted by Gasteiger charge is -2.07. The molecule has 1 aromatic carbocycles. The summed E-state index contributed by atoms with van der Waals surface area (Å²) in [6.07, 6.45) is 3.36. The zero-order chi connectivity index (χ0) is 9.97. The molecule has 0 atom stereocenters. The molecular weight excluding hydrogens is 176 g/mol. The summed E-state index contributed by atoms with van der Waals surface area (Å²) in [7, 11) is 0. The van der Waals surface area contributed by atoms with Crippen molar-refractivity contribution in [3.63, 3.8) is 0 Å². The van der Waals surface area contributed by atoms with Gasteiger partial charge in [-0.15, -0.1) is 0 Å². The third-order valence-electron chi connectivity index (χ3n) is 2.10. The molecule has 72 valence electrons. The summed E-state index contributed by atoms with van der Waals surface area (Å²) in [6, 6.07) is 4.00. The highest BCUT2D eigenvalue weighted by Gasteiger charge is 2.02. The van der Waals surface area contributed by atoms with Crippen molar-refractivity contribution in [2.75, 3.05) is 6.61 Å². The van der Waals surface area contributed by atoms with Gasteiger partial charge in [0.1, 0.15) is 12.1 Å². The maximum Gasteiger partial charge on any atom is 0.124 e. The molecule has 3 heteroatoms. The molecule has 0 spiro atoms. The summed E-state index contributed by atoms with van der Waals surface area (Å²) in [5.74, 6) is 0.902. The minimum atomic E-state index is 0.678. The largest absolute Gasteiger partial charge is 0.494 e. The van der Waals surface area contributed by atoms with Crippen LogP contribution in [0.2, 0.25) is 0 Å². The normalized spacial score (nSPS) is 10.4. The molecule has 2 rings (SSSR count). The number of aromatic nitrogens is 2. The van der Waals surface area contributed by atoms with Gasteiger partial charge in [0.2, 0.25) is 0 Å². The molecule has 0 aliphatic heterocycles. The van der Waals surface area contributed by atoms with Gasteiger partial charge in [-0.05, 0) is 25.5 Å². The summed E-state index contributed by atoms with van der Waals surface area (Å²) >= 11 is 0.